The molecular weight excluding hydrogens is 1780 g/mol. The van der Waals surface area contributed by atoms with E-state index in [0.29, 0.717) is 241 Å². The van der Waals surface area contributed by atoms with Crippen molar-refractivity contribution in [1.29, 1.82) is 0 Å². The van der Waals surface area contributed by atoms with Crippen LogP contribution in [0.4, 0.5) is 0 Å². The first kappa shape index (κ1) is 147. The molecule has 30 nitrogen and oxygen atoms in total. The molecule has 0 aliphatic rings. The van der Waals surface area contributed by atoms with E-state index in [2.05, 4.69) is 274 Å². The molecule has 0 fully saturated rings. The van der Waals surface area contributed by atoms with Gasteiger partial charge in [0, 0.05) is 183 Å². The Hall–Kier alpha value is 1.70. The molecule has 0 aromatic rings. The van der Waals surface area contributed by atoms with Crippen LogP contribution < -0.4 is 124 Å². The quantitative estimate of drug-likeness (QED) is 0.0255. The average molecular weight is 1980 g/mol. The van der Waals surface area contributed by atoms with Crippen molar-refractivity contribution in [3.05, 3.63) is 0 Å². The minimum Gasteiger partial charge on any atom is -1.00 e. The number of hydrogen-bond acceptors (Lipinski definition) is 20. The summed E-state index contributed by atoms with van der Waals surface area (Å²) in [6, 6.07) is 0. The minimum absolute atomic E-state index is 0. The minimum atomic E-state index is -0.615. The zero-order chi connectivity index (χ0) is 86.8. The van der Waals surface area contributed by atoms with E-state index in [1.807, 2.05) is 0 Å². The number of likely N-dealkylation sites (N-methyl/N-ethyl adjacent to an activating group) is 11. The van der Waals surface area contributed by atoms with Crippen LogP contribution in [-0.2, 0) is 0 Å². The average Bonchev–Trinajstić information content (AvgIpc) is 0.890. The highest BCUT2D eigenvalue weighted by molar-refractivity contribution is 4.80. The van der Waals surface area contributed by atoms with Gasteiger partial charge in [-0.3, -0.25) is 44.1 Å². The van der Waals surface area contributed by atoms with E-state index in [9.17, 15) is 51.1 Å². The molecule has 0 aromatic carbocycles. The van der Waals surface area contributed by atoms with E-state index < -0.39 is 61.0 Å². The number of rotatable bonds is 69. The Morgan fingerprint density at radius 2 is 0.254 bits per heavy atom. The van der Waals surface area contributed by atoms with Gasteiger partial charge in [0.25, 0.3) is 0 Å². The Morgan fingerprint density at radius 3 is 0.377 bits per heavy atom. The maximum atomic E-state index is 12.0. The Morgan fingerprint density at radius 1 is 0.156 bits per heavy atom. The summed E-state index contributed by atoms with van der Waals surface area (Å²) in [7, 11) is 65.1. The number of nitrogens with zero attached hydrogens (tertiary/aromatic N) is 20. The summed E-state index contributed by atoms with van der Waals surface area (Å²) in [6.07, 6.45) is -5.01. The highest BCUT2D eigenvalue weighted by Gasteiger charge is 2.32. The van der Waals surface area contributed by atoms with Crippen molar-refractivity contribution in [2.45, 2.75) is 74.4 Å². The fourth-order valence-electron chi connectivity index (χ4n) is 15.5. The normalized spacial score (nSPS) is 15.5. The van der Waals surface area contributed by atoms with Crippen LogP contribution in [0.1, 0.15) is 13.3 Å². The van der Waals surface area contributed by atoms with Crippen LogP contribution in [0.25, 0.3) is 0 Å². The zero-order valence-corrected chi connectivity index (χ0v) is 90.8. The number of quaternary nitrogens is 10. The molecule has 0 heterocycles. The lowest BCUT2D eigenvalue weighted by Gasteiger charge is -2.37. The maximum Gasteiger partial charge on any atom is 0.115 e. The molecule has 0 spiro atoms. The molecular formula is C82H196Cl10N20O10. The van der Waals surface area contributed by atoms with E-state index >= 15 is 0 Å². The fourth-order valence-corrected chi connectivity index (χ4v) is 15.5. The zero-order valence-electron chi connectivity index (χ0n) is 83.3. The van der Waals surface area contributed by atoms with Gasteiger partial charge in [0.1, 0.15) is 126 Å². The molecule has 0 radical (unpaired) electrons. The van der Waals surface area contributed by atoms with Gasteiger partial charge in [-0.2, -0.15) is 0 Å². The van der Waals surface area contributed by atoms with E-state index in [4.69, 9.17) is 0 Å². The van der Waals surface area contributed by atoms with E-state index in [1.54, 1.807) is 0 Å². The van der Waals surface area contributed by atoms with Crippen molar-refractivity contribution in [2.75, 3.05) is 474 Å². The second-order valence-corrected chi connectivity index (χ2v) is 44.7. The van der Waals surface area contributed by atoms with E-state index in [1.165, 1.54) is 0 Å². The lowest BCUT2D eigenvalue weighted by molar-refractivity contribution is -0.873. The molecule has 122 heavy (non-hydrogen) atoms. The van der Waals surface area contributed by atoms with Gasteiger partial charge in [0.15, 0.2) is 0 Å². The van der Waals surface area contributed by atoms with Crippen LogP contribution in [0.3, 0.4) is 0 Å². The van der Waals surface area contributed by atoms with Crippen LogP contribution in [0.5, 0.6) is 0 Å². The predicted molar refractivity (Wildman–Crippen MR) is 465 cm³/mol. The Balaban J connectivity index is -0.00000137. The molecule has 10 N–H and O–H groups in total. The third-order valence-corrected chi connectivity index (χ3v) is 19.5. The van der Waals surface area contributed by atoms with Gasteiger partial charge >= 0.3 is 0 Å². The third-order valence-electron chi connectivity index (χ3n) is 19.5. The summed E-state index contributed by atoms with van der Waals surface area (Å²) < 4.78 is 6.12. The summed E-state index contributed by atoms with van der Waals surface area (Å²) in [5.74, 6) is 0. The van der Waals surface area contributed by atoms with Gasteiger partial charge in [-0.05, 0) is 20.0 Å². The largest absolute Gasteiger partial charge is 1.00 e. The molecule has 40 heteroatoms. The van der Waals surface area contributed by atoms with Crippen LogP contribution >= 0.6 is 0 Å². The summed E-state index contributed by atoms with van der Waals surface area (Å²) >= 11 is 0. The summed E-state index contributed by atoms with van der Waals surface area (Å²) in [5, 5.41) is 117. The lowest BCUT2D eigenvalue weighted by atomic mass is 10.2. The number of aliphatic hydroxyl groups is 10. The standard InChI is InChI=1S/C82H196N20O10.10ClH/c1-33-34-87(53-73(103)63-93(3,4)5)46-41-86(45-51-91(59-79(109)69-99(21,22)23)60-80(110)70-100(24,25)26)40-39-84(42-47-88(54-74(104)64-94(6,7)8)48-52-92(61-81(111)71-101(27,28)29)62-82(112)72-102(30,31)32)37-35-83(2)36-38-85(43-49-89(55-75(105)65-95(9,10)11)56-76(106)66-96(12,13)14)44-50-90(57-77(107)67-97(15,16)17)58-78(108)68-98(18,19)20;;;;;;;;;;/h73-82,103-112H,33-72H2,1-32H3;10*1H/q+10;;;;;;;;;;/p-10. The van der Waals surface area contributed by atoms with Crippen molar-refractivity contribution >= 4 is 0 Å². The van der Waals surface area contributed by atoms with Crippen molar-refractivity contribution < 1.29 is 220 Å². The first-order valence-electron chi connectivity index (χ1n) is 42.7. The number of halogens is 10. The van der Waals surface area contributed by atoms with E-state index in [-0.39, 0.29) is 124 Å². The van der Waals surface area contributed by atoms with Crippen LogP contribution in [0, 0.1) is 0 Å². The monoisotopic (exact) mass is 1970 g/mol. The van der Waals surface area contributed by atoms with Crippen molar-refractivity contribution in [3.63, 3.8) is 0 Å². The molecule has 754 valence electrons. The van der Waals surface area contributed by atoms with E-state index in [0.717, 1.165) is 65.3 Å². The summed E-state index contributed by atoms with van der Waals surface area (Å²) in [6.45, 7) is 25.5. The number of aliphatic hydroxyl groups excluding tert-OH is 10. The molecule has 0 saturated carbocycles. The molecule has 0 aliphatic heterocycles. The molecule has 10 unspecified atom stereocenters. The van der Waals surface area contributed by atoms with Gasteiger partial charge in [0.05, 0.1) is 211 Å². The van der Waals surface area contributed by atoms with Gasteiger partial charge in [-0.25, -0.2) is 0 Å². The molecule has 0 amide bonds. The third kappa shape index (κ3) is 90.8. The molecule has 0 aliphatic carbocycles. The smallest absolute Gasteiger partial charge is 0.115 e. The Kier molecular flexibility index (Phi) is 83.5. The van der Waals surface area contributed by atoms with Gasteiger partial charge < -0.3 is 225 Å². The molecule has 0 saturated heterocycles. The second kappa shape index (κ2) is 69.5. The summed E-state index contributed by atoms with van der Waals surface area (Å²) in [4.78, 5) is 23.8. The van der Waals surface area contributed by atoms with Crippen molar-refractivity contribution in [1.82, 2.24) is 49.0 Å². The topological polar surface area (TPSA) is 235 Å². The molecule has 0 rings (SSSR count). The molecule has 0 bridgehead atoms. The lowest BCUT2D eigenvalue weighted by Crippen LogP contribution is -3.00. The van der Waals surface area contributed by atoms with Crippen molar-refractivity contribution in [2.24, 2.45) is 0 Å². The van der Waals surface area contributed by atoms with Crippen LogP contribution in [0.15, 0.2) is 0 Å². The maximum absolute atomic E-state index is 12.0. The first-order chi connectivity index (χ1) is 50.6. The Labute approximate surface area is 811 Å². The van der Waals surface area contributed by atoms with Gasteiger partial charge in [0.2, 0.25) is 0 Å². The predicted octanol–water partition coefficient (Wildman–Crippen LogP) is -35.2. The summed E-state index contributed by atoms with van der Waals surface area (Å²) in [5.41, 5.74) is 0. The van der Waals surface area contributed by atoms with Gasteiger partial charge in [-0.15, -0.1) is 0 Å². The van der Waals surface area contributed by atoms with Gasteiger partial charge in [-0.1, -0.05) is 6.92 Å². The van der Waals surface area contributed by atoms with Crippen molar-refractivity contribution in [3.8, 4) is 0 Å². The number of hydrogen-bond donors (Lipinski definition) is 10. The van der Waals surface area contributed by atoms with Crippen LogP contribution in [-0.4, -0.2) is 680 Å². The van der Waals surface area contributed by atoms with Crippen LogP contribution in [0.2, 0.25) is 0 Å². The SMILES string of the molecule is CCCN(CCN(CCN(CCN(C)CCN(CCN(CC(O)C[N+](C)(C)C)CC(O)C[N+](C)(C)C)CCN(CC(O)C[N+](C)(C)C)CC(O)C[N+](C)(C)C)CCN(CCN(CC(O)C[N+](C)(C)C)CC(O)C[N+](C)(C)C)CC(O)C[N+](C)(C)C)CCN(CC(O)C[N+](C)(C)C)CC(O)C[N+](C)(C)C)CC(O)C[N+](C)(C)C.[Cl-].[Cl-].[Cl-].[Cl-].[Cl-].[Cl-].[Cl-].[Cl-].[Cl-].[Cl-]. The first-order valence-corrected chi connectivity index (χ1v) is 42.7. The fraction of sp³-hybridized carbons (Fsp3) is 1.00. The second-order valence-electron chi connectivity index (χ2n) is 44.7. The highest BCUT2D eigenvalue weighted by atomic mass is 35.5. The Bertz CT molecular complexity index is 2270. The molecule has 0 aromatic heterocycles. The highest BCUT2D eigenvalue weighted by Crippen LogP contribution is 2.13. The molecule has 10 atom stereocenters.